The Balaban J connectivity index is 0.00000121. The molecule has 1 atom stereocenters. The van der Waals surface area contributed by atoms with Gasteiger partial charge in [-0.05, 0) is 0 Å². The third-order valence-electron chi connectivity index (χ3n) is 4.85. The number of halogens is 2. The van der Waals surface area contributed by atoms with E-state index < -0.39 is 19.5 Å². The summed E-state index contributed by atoms with van der Waals surface area (Å²) in [5.41, 5.74) is 6.85. The van der Waals surface area contributed by atoms with Crippen molar-refractivity contribution < 1.29 is 52.5 Å². The van der Waals surface area contributed by atoms with Gasteiger partial charge in [0.2, 0.25) is 0 Å². The van der Waals surface area contributed by atoms with Gasteiger partial charge in [0.15, 0.2) is 0 Å². The molecule has 0 heterocycles. The molecule has 3 aliphatic carbocycles. The molecule has 2 nitrogen and oxygen atoms in total. The zero-order valence-electron chi connectivity index (χ0n) is 13.2. The van der Waals surface area contributed by atoms with E-state index >= 15 is 0 Å². The summed E-state index contributed by atoms with van der Waals surface area (Å²) in [6, 6.07) is 0. The van der Waals surface area contributed by atoms with Gasteiger partial charge in [-0.15, -0.1) is 0 Å². The van der Waals surface area contributed by atoms with Crippen LogP contribution < -0.4 is 24.8 Å². The minimum atomic E-state index is -0.592. The van der Waals surface area contributed by atoms with E-state index in [1.165, 1.54) is 51.4 Å². The van der Waals surface area contributed by atoms with Crippen molar-refractivity contribution in [2.24, 2.45) is 0 Å². The van der Waals surface area contributed by atoms with Gasteiger partial charge in [0.05, 0.1) is 0 Å². The van der Waals surface area contributed by atoms with Crippen LogP contribution in [0.25, 0.3) is 0 Å². The number of allylic oxidation sites excluding steroid dienone is 4. The summed E-state index contributed by atoms with van der Waals surface area (Å²) in [4.78, 5) is 11.6. The van der Waals surface area contributed by atoms with Crippen molar-refractivity contribution in [1.82, 2.24) is 0 Å². The first-order valence-electron chi connectivity index (χ1n) is 8.18. The van der Waals surface area contributed by atoms with E-state index in [2.05, 4.69) is 0 Å². The van der Waals surface area contributed by atoms with Gasteiger partial charge in [-0.3, -0.25) is 0 Å². The second-order valence-electron chi connectivity index (χ2n) is 6.26. The standard InChI is InChI=1S/C13H17.C4H8O2.2ClH.Ti/c1-3-7-12-10(5-1)9-11-6-2-4-8-13(11)12;1-2-3-4(5)6;;;/h5H,1-4,6-9H2;2-3H2,1H3,(H,5,6);2*1H;/q;;;;+3/p-3. The second kappa shape index (κ2) is 9.52. The molecule has 1 unspecified atom stereocenters. The fourth-order valence-electron chi connectivity index (χ4n) is 3.88. The number of hydrogen-bond donors (Lipinski definition) is 0. The minimum Gasteiger partial charge on any atom is -1.00 e. The Kier molecular flexibility index (Phi) is 8.78. The third kappa shape index (κ3) is 4.41. The van der Waals surface area contributed by atoms with Crippen LogP contribution in [0.5, 0.6) is 0 Å². The Morgan fingerprint density at radius 1 is 1.14 bits per heavy atom. The number of rotatable bonds is 4. The molecule has 122 valence electrons. The maximum absolute atomic E-state index is 11.6. The number of carbonyl (C=O) groups is 1. The Hall–Kier alpha value is 0.244. The molecule has 22 heavy (non-hydrogen) atoms. The van der Waals surface area contributed by atoms with Crippen LogP contribution in [0.4, 0.5) is 0 Å². The summed E-state index contributed by atoms with van der Waals surface area (Å²) in [5, 5.41) is 0. The Morgan fingerprint density at radius 2 is 1.86 bits per heavy atom. The van der Waals surface area contributed by atoms with Crippen LogP contribution in [0, 0.1) is 0 Å². The topological polar surface area (TPSA) is 26.3 Å². The van der Waals surface area contributed by atoms with Gasteiger partial charge in [-0.1, -0.05) is 0 Å². The molecule has 0 radical (unpaired) electrons. The van der Waals surface area contributed by atoms with E-state index in [-0.39, 0.29) is 30.8 Å². The average Bonchev–Trinajstić information content (AvgIpc) is 2.84. The monoisotopic (exact) mass is 378 g/mol. The van der Waals surface area contributed by atoms with Crippen molar-refractivity contribution in [3.8, 4) is 0 Å². The number of fused-ring (bicyclic) bond motifs is 1. The van der Waals surface area contributed by atoms with Crippen molar-refractivity contribution in [3.63, 3.8) is 0 Å². The van der Waals surface area contributed by atoms with Crippen molar-refractivity contribution in [2.45, 2.75) is 75.4 Å². The normalized spacial score (nSPS) is 22.9. The predicted octanol–water partition coefficient (Wildman–Crippen LogP) is -1.12. The molecule has 3 aliphatic rings. The van der Waals surface area contributed by atoms with Crippen LogP contribution in [0.1, 0.15) is 71.1 Å². The zero-order valence-corrected chi connectivity index (χ0v) is 16.3. The van der Waals surface area contributed by atoms with Crippen LogP contribution in [-0.4, -0.2) is 5.97 Å². The van der Waals surface area contributed by atoms with Gasteiger partial charge in [0.25, 0.3) is 0 Å². The van der Waals surface area contributed by atoms with E-state index in [1.807, 2.05) is 6.92 Å². The van der Waals surface area contributed by atoms with E-state index in [1.54, 1.807) is 22.3 Å². The van der Waals surface area contributed by atoms with Crippen molar-refractivity contribution in [1.29, 1.82) is 0 Å². The first-order valence-corrected chi connectivity index (χ1v) is 9.72. The van der Waals surface area contributed by atoms with Gasteiger partial charge in [0, 0.05) is 0 Å². The molecular weight excluding hydrogens is 355 g/mol. The zero-order chi connectivity index (χ0) is 13.9. The summed E-state index contributed by atoms with van der Waals surface area (Å²) in [6.45, 7) is 2.04. The van der Waals surface area contributed by atoms with Gasteiger partial charge in [-0.25, -0.2) is 0 Å². The maximum Gasteiger partial charge on any atom is -1.00 e. The molecule has 0 amide bonds. The largest absolute Gasteiger partial charge is 1.00 e. The summed E-state index contributed by atoms with van der Waals surface area (Å²) in [7, 11) is 0. The smallest absolute Gasteiger partial charge is 1.00 e. The maximum atomic E-state index is 11.6. The van der Waals surface area contributed by atoms with Crippen LogP contribution in [0.15, 0.2) is 22.3 Å². The summed E-state index contributed by atoms with van der Waals surface area (Å²) >= 11 is -0.592. The van der Waals surface area contributed by atoms with E-state index in [9.17, 15) is 4.79 Å². The van der Waals surface area contributed by atoms with Gasteiger partial charge < -0.3 is 24.8 Å². The molecule has 0 aromatic heterocycles. The van der Waals surface area contributed by atoms with Gasteiger partial charge in [0.1, 0.15) is 0 Å². The van der Waals surface area contributed by atoms with Gasteiger partial charge in [-0.2, -0.15) is 0 Å². The molecule has 0 fully saturated rings. The summed E-state index contributed by atoms with van der Waals surface area (Å²) in [6.07, 6.45) is 12.0. The van der Waals surface area contributed by atoms with Gasteiger partial charge >= 0.3 is 131 Å². The number of hydrogen-bond acceptors (Lipinski definition) is 2. The van der Waals surface area contributed by atoms with Crippen LogP contribution in [0.3, 0.4) is 0 Å². The SMILES string of the molecule is CCCC(=O)[O][Ti+2][CH]1CCCC2=C1CC1=C2CCCC1.[Cl-].[Cl-]. The van der Waals surface area contributed by atoms with Crippen molar-refractivity contribution in [3.05, 3.63) is 22.3 Å². The van der Waals surface area contributed by atoms with Crippen LogP contribution in [0.2, 0.25) is 4.22 Å². The fraction of sp³-hybridized carbons (Fsp3) is 0.706. The predicted molar refractivity (Wildman–Crippen MR) is 75.7 cm³/mol. The average molecular weight is 379 g/mol. The Labute approximate surface area is 155 Å². The first-order chi connectivity index (χ1) is 9.79. The molecule has 0 spiro atoms. The Bertz CT molecular complexity index is 471. The van der Waals surface area contributed by atoms with E-state index in [4.69, 9.17) is 3.32 Å². The third-order valence-corrected chi connectivity index (χ3v) is 6.83. The van der Waals surface area contributed by atoms with Crippen LogP contribution in [-0.2, 0) is 27.7 Å². The van der Waals surface area contributed by atoms with E-state index in [0.717, 1.165) is 6.42 Å². The first kappa shape index (κ1) is 20.3. The minimum absolute atomic E-state index is 0. The van der Waals surface area contributed by atoms with Crippen molar-refractivity contribution >= 4 is 5.97 Å². The molecule has 0 aromatic rings. The molecule has 0 saturated carbocycles. The molecule has 0 saturated heterocycles. The summed E-state index contributed by atoms with van der Waals surface area (Å²) < 4.78 is 6.25. The molecule has 0 N–H and O–H groups in total. The molecular formula is C17H24Cl2O2Ti. The second-order valence-corrected chi connectivity index (χ2v) is 8.03. The fourth-order valence-corrected chi connectivity index (χ4v) is 5.62. The molecule has 5 heteroatoms. The number of carbonyl (C=O) groups excluding carboxylic acids is 1. The molecule has 0 bridgehead atoms. The van der Waals surface area contributed by atoms with E-state index in [0.29, 0.717) is 10.6 Å². The Morgan fingerprint density at radius 3 is 2.64 bits per heavy atom. The van der Waals surface area contributed by atoms with Crippen molar-refractivity contribution in [2.75, 3.05) is 0 Å². The quantitative estimate of drug-likeness (QED) is 0.579. The molecule has 0 aliphatic heterocycles. The van der Waals surface area contributed by atoms with Crippen LogP contribution >= 0.6 is 0 Å². The molecule has 0 aromatic carbocycles. The summed E-state index contributed by atoms with van der Waals surface area (Å²) in [5.74, 6) is 0.0379. The molecule has 3 rings (SSSR count).